The molecule has 0 fully saturated rings. The highest BCUT2D eigenvalue weighted by molar-refractivity contribution is 5.90. The SMILES string of the molecule is Cc1[nH]c2ccccc2c1CC(=O)N[C@H](Cc1ccccc1)c1ncccc1-c1ccccc1. The van der Waals surface area contributed by atoms with E-state index in [0.717, 1.165) is 44.5 Å². The number of aromatic amines is 1. The van der Waals surface area contributed by atoms with E-state index in [0.29, 0.717) is 12.8 Å². The normalized spacial score (nSPS) is 11.9. The van der Waals surface area contributed by atoms with E-state index in [4.69, 9.17) is 4.98 Å². The summed E-state index contributed by atoms with van der Waals surface area (Å²) in [5.41, 5.74) is 7.27. The Hall–Kier alpha value is -4.18. The Balaban J connectivity index is 1.48. The van der Waals surface area contributed by atoms with E-state index in [2.05, 4.69) is 46.7 Å². The van der Waals surface area contributed by atoms with Gasteiger partial charge in [-0.25, -0.2) is 0 Å². The van der Waals surface area contributed by atoms with Crippen LogP contribution in [-0.4, -0.2) is 15.9 Å². The minimum Gasteiger partial charge on any atom is -0.358 e. The summed E-state index contributed by atoms with van der Waals surface area (Å²) in [6.45, 7) is 2.02. The molecule has 0 aliphatic carbocycles. The van der Waals surface area contributed by atoms with Gasteiger partial charge in [0.2, 0.25) is 5.91 Å². The van der Waals surface area contributed by atoms with Gasteiger partial charge in [0.05, 0.1) is 18.2 Å². The second-order valence-electron chi connectivity index (χ2n) is 8.56. The summed E-state index contributed by atoms with van der Waals surface area (Å²) in [7, 11) is 0. The number of amides is 1. The van der Waals surface area contributed by atoms with Gasteiger partial charge in [-0.1, -0.05) is 84.9 Å². The number of nitrogens with one attached hydrogen (secondary N) is 2. The van der Waals surface area contributed by atoms with Crippen LogP contribution in [-0.2, 0) is 17.6 Å². The molecular formula is C30H27N3O. The van der Waals surface area contributed by atoms with Crippen molar-refractivity contribution in [1.29, 1.82) is 0 Å². The van der Waals surface area contributed by atoms with Gasteiger partial charge in [0, 0.05) is 28.4 Å². The molecule has 0 radical (unpaired) electrons. The van der Waals surface area contributed by atoms with Crippen molar-refractivity contribution in [3.05, 3.63) is 126 Å². The number of benzene rings is 3. The molecule has 2 N–H and O–H groups in total. The fourth-order valence-electron chi connectivity index (χ4n) is 4.59. The number of pyridine rings is 1. The minimum atomic E-state index is -0.253. The third kappa shape index (κ3) is 4.62. The first-order valence-electron chi connectivity index (χ1n) is 11.6. The average Bonchev–Trinajstić information content (AvgIpc) is 3.19. The number of nitrogens with zero attached hydrogens (tertiary/aromatic N) is 1. The number of carbonyl (C=O) groups is 1. The predicted molar refractivity (Wildman–Crippen MR) is 137 cm³/mol. The first-order chi connectivity index (χ1) is 16.7. The number of aromatic nitrogens is 2. The van der Waals surface area contributed by atoms with Crippen molar-refractivity contribution in [2.75, 3.05) is 0 Å². The molecule has 1 amide bonds. The first-order valence-corrected chi connectivity index (χ1v) is 11.6. The molecule has 0 saturated carbocycles. The summed E-state index contributed by atoms with van der Waals surface area (Å²) >= 11 is 0. The van der Waals surface area contributed by atoms with Crippen LogP contribution in [0.25, 0.3) is 22.0 Å². The Morgan fingerprint density at radius 2 is 1.59 bits per heavy atom. The third-order valence-corrected chi connectivity index (χ3v) is 6.24. The van der Waals surface area contributed by atoms with Gasteiger partial charge in [-0.3, -0.25) is 9.78 Å². The van der Waals surface area contributed by atoms with Crippen molar-refractivity contribution in [2.24, 2.45) is 0 Å². The zero-order chi connectivity index (χ0) is 23.3. The van der Waals surface area contributed by atoms with Crippen LogP contribution in [0, 0.1) is 6.92 Å². The van der Waals surface area contributed by atoms with Gasteiger partial charge >= 0.3 is 0 Å². The summed E-state index contributed by atoms with van der Waals surface area (Å²) in [4.78, 5) is 21.5. The van der Waals surface area contributed by atoms with Crippen molar-refractivity contribution in [3.63, 3.8) is 0 Å². The second-order valence-corrected chi connectivity index (χ2v) is 8.56. The maximum atomic E-state index is 13.4. The molecule has 5 aromatic rings. The van der Waals surface area contributed by atoms with E-state index in [1.807, 2.05) is 67.6 Å². The summed E-state index contributed by atoms with van der Waals surface area (Å²) < 4.78 is 0. The van der Waals surface area contributed by atoms with E-state index in [-0.39, 0.29) is 11.9 Å². The number of hydrogen-bond donors (Lipinski definition) is 2. The van der Waals surface area contributed by atoms with E-state index >= 15 is 0 Å². The van der Waals surface area contributed by atoms with Gasteiger partial charge in [-0.05, 0) is 42.2 Å². The van der Waals surface area contributed by atoms with Gasteiger partial charge in [0.15, 0.2) is 0 Å². The highest BCUT2D eigenvalue weighted by Gasteiger charge is 2.22. The Kier molecular flexibility index (Phi) is 6.21. The van der Waals surface area contributed by atoms with Crippen LogP contribution >= 0.6 is 0 Å². The van der Waals surface area contributed by atoms with E-state index in [1.165, 1.54) is 0 Å². The Bertz CT molecular complexity index is 1410. The van der Waals surface area contributed by atoms with Crippen molar-refractivity contribution >= 4 is 16.8 Å². The lowest BCUT2D eigenvalue weighted by atomic mass is 9.95. The van der Waals surface area contributed by atoms with Crippen molar-refractivity contribution in [1.82, 2.24) is 15.3 Å². The Labute approximate surface area is 199 Å². The molecular weight excluding hydrogens is 418 g/mol. The highest BCUT2D eigenvalue weighted by atomic mass is 16.1. The van der Waals surface area contributed by atoms with E-state index in [9.17, 15) is 4.79 Å². The summed E-state index contributed by atoms with van der Waals surface area (Å²) in [6.07, 6.45) is 2.78. The largest absolute Gasteiger partial charge is 0.358 e. The number of fused-ring (bicyclic) bond motifs is 1. The third-order valence-electron chi connectivity index (χ3n) is 6.24. The molecule has 168 valence electrons. The van der Waals surface area contributed by atoms with Crippen LogP contribution in [0.3, 0.4) is 0 Å². The lowest BCUT2D eigenvalue weighted by Crippen LogP contribution is -2.32. The van der Waals surface area contributed by atoms with Crippen LogP contribution in [0.2, 0.25) is 0 Å². The molecule has 0 spiro atoms. The quantitative estimate of drug-likeness (QED) is 0.314. The fraction of sp³-hybridized carbons (Fsp3) is 0.133. The molecule has 0 bridgehead atoms. The van der Waals surface area contributed by atoms with Crippen LogP contribution < -0.4 is 5.32 Å². The van der Waals surface area contributed by atoms with Crippen LogP contribution in [0.4, 0.5) is 0 Å². The number of carbonyl (C=O) groups excluding carboxylic acids is 1. The number of H-pyrrole nitrogens is 1. The number of aryl methyl sites for hydroxylation is 1. The number of rotatable bonds is 7. The van der Waals surface area contributed by atoms with Gasteiger partial charge in [-0.15, -0.1) is 0 Å². The molecule has 3 aromatic carbocycles. The molecule has 1 atom stereocenters. The highest BCUT2D eigenvalue weighted by Crippen LogP contribution is 2.29. The molecule has 5 rings (SSSR count). The number of hydrogen-bond acceptors (Lipinski definition) is 2. The minimum absolute atomic E-state index is 0.0153. The van der Waals surface area contributed by atoms with Gasteiger partial charge < -0.3 is 10.3 Å². The van der Waals surface area contributed by atoms with Crippen molar-refractivity contribution < 1.29 is 4.79 Å². The molecule has 0 unspecified atom stereocenters. The van der Waals surface area contributed by atoms with Gasteiger partial charge in [-0.2, -0.15) is 0 Å². The smallest absolute Gasteiger partial charge is 0.225 e. The average molecular weight is 446 g/mol. The maximum absolute atomic E-state index is 13.4. The standard InChI is InChI=1S/C30H27N3O/c1-21-26(25-15-8-9-17-27(25)32-21)20-29(34)33-28(19-22-11-4-2-5-12-22)30-24(16-10-18-31-30)23-13-6-3-7-14-23/h2-18,28,32H,19-20H2,1H3,(H,33,34)/t28-/m1/s1. The summed E-state index contributed by atoms with van der Waals surface area (Å²) in [6, 6.07) is 32.4. The Morgan fingerprint density at radius 1 is 0.882 bits per heavy atom. The van der Waals surface area contributed by atoms with Gasteiger partial charge in [0.25, 0.3) is 0 Å². The monoisotopic (exact) mass is 445 g/mol. The summed E-state index contributed by atoms with van der Waals surface area (Å²) in [5.74, 6) is -0.0153. The molecule has 4 heteroatoms. The van der Waals surface area contributed by atoms with E-state index in [1.54, 1.807) is 6.20 Å². The zero-order valence-electron chi connectivity index (χ0n) is 19.2. The molecule has 4 nitrogen and oxygen atoms in total. The Morgan fingerprint density at radius 3 is 2.38 bits per heavy atom. The lowest BCUT2D eigenvalue weighted by molar-refractivity contribution is -0.121. The molecule has 0 saturated heterocycles. The zero-order valence-corrected chi connectivity index (χ0v) is 19.2. The first kappa shape index (κ1) is 21.7. The topological polar surface area (TPSA) is 57.8 Å². The van der Waals surface area contributed by atoms with Crippen molar-refractivity contribution in [2.45, 2.75) is 25.8 Å². The molecule has 34 heavy (non-hydrogen) atoms. The lowest BCUT2D eigenvalue weighted by Gasteiger charge is -2.21. The van der Waals surface area contributed by atoms with Crippen LogP contribution in [0.5, 0.6) is 0 Å². The second kappa shape index (κ2) is 9.75. The molecule has 0 aliphatic rings. The predicted octanol–water partition coefficient (Wildman–Crippen LogP) is 6.18. The number of para-hydroxylation sites is 1. The van der Waals surface area contributed by atoms with Crippen LogP contribution in [0.15, 0.2) is 103 Å². The molecule has 2 aromatic heterocycles. The summed E-state index contributed by atoms with van der Waals surface area (Å²) in [5, 5.41) is 4.40. The van der Waals surface area contributed by atoms with Gasteiger partial charge in [0.1, 0.15) is 0 Å². The maximum Gasteiger partial charge on any atom is 0.225 e. The van der Waals surface area contributed by atoms with Crippen molar-refractivity contribution in [3.8, 4) is 11.1 Å². The molecule has 0 aliphatic heterocycles. The fourth-order valence-corrected chi connectivity index (χ4v) is 4.59. The molecule has 2 heterocycles. The van der Waals surface area contributed by atoms with E-state index < -0.39 is 0 Å². The van der Waals surface area contributed by atoms with Crippen LogP contribution in [0.1, 0.15) is 28.6 Å².